The van der Waals surface area contributed by atoms with E-state index in [0.29, 0.717) is 19.6 Å². The van der Waals surface area contributed by atoms with Crippen LogP contribution in [0.25, 0.3) is 0 Å². The molecule has 6 heteroatoms. The molecule has 0 radical (unpaired) electrons. The summed E-state index contributed by atoms with van der Waals surface area (Å²) in [6.07, 6.45) is -0.301. The van der Waals surface area contributed by atoms with E-state index >= 15 is 0 Å². The van der Waals surface area contributed by atoms with Crippen molar-refractivity contribution in [2.24, 2.45) is 11.8 Å². The fraction of sp³-hybridized carbons (Fsp3) is 0.619. The van der Waals surface area contributed by atoms with Gasteiger partial charge in [0.25, 0.3) is 0 Å². The van der Waals surface area contributed by atoms with Crippen molar-refractivity contribution in [3.05, 3.63) is 30.3 Å². The van der Waals surface area contributed by atoms with Gasteiger partial charge in [0.15, 0.2) is 0 Å². The van der Waals surface area contributed by atoms with Crippen LogP contribution in [0.15, 0.2) is 30.3 Å². The lowest BCUT2D eigenvalue weighted by Gasteiger charge is -2.42. The van der Waals surface area contributed by atoms with Gasteiger partial charge in [-0.25, -0.2) is 4.79 Å². The van der Waals surface area contributed by atoms with Crippen molar-refractivity contribution in [1.82, 2.24) is 10.2 Å². The van der Waals surface area contributed by atoms with Crippen LogP contribution >= 0.6 is 0 Å². The SMILES string of the molecule is C[C@H](CNC(=O)[C@H](C)C1CN(C(=O)OC(C)(C)C)C1)N(C)c1ccccc1. The molecule has 1 N–H and O–H groups in total. The Balaban J connectivity index is 1.74. The van der Waals surface area contributed by atoms with Gasteiger partial charge in [0.1, 0.15) is 5.60 Å². The third-order valence-electron chi connectivity index (χ3n) is 5.08. The predicted molar refractivity (Wildman–Crippen MR) is 108 cm³/mol. The molecule has 150 valence electrons. The molecule has 1 aliphatic heterocycles. The molecule has 0 unspecified atom stereocenters. The molecule has 2 atom stereocenters. The minimum absolute atomic E-state index is 0.0390. The van der Waals surface area contributed by atoms with Crippen molar-refractivity contribution in [3.63, 3.8) is 0 Å². The molecule has 1 fully saturated rings. The smallest absolute Gasteiger partial charge is 0.410 e. The number of carbonyl (C=O) groups is 2. The molecule has 1 aromatic rings. The second-order valence-electron chi connectivity index (χ2n) is 8.47. The Hall–Kier alpha value is -2.24. The van der Waals surface area contributed by atoms with Gasteiger partial charge >= 0.3 is 6.09 Å². The Kier molecular flexibility index (Phi) is 6.73. The summed E-state index contributed by atoms with van der Waals surface area (Å²) in [6.45, 7) is 11.3. The lowest BCUT2D eigenvalue weighted by Crippen LogP contribution is -2.56. The number of hydrogen-bond acceptors (Lipinski definition) is 4. The van der Waals surface area contributed by atoms with E-state index in [1.807, 2.05) is 52.9 Å². The number of hydrogen-bond donors (Lipinski definition) is 1. The number of carbonyl (C=O) groups excluding carboxylic acids is 2. The zero-order valence-electron chi connectivity index (χ0n) is 17.4. The van der Waals surface area contributed by atoms with Crippen LogP contribution in [0.3, 0.4) is 0 Å². The molecule has 0 saturated carbocycles. The van der Waals surface area contributed by atoms with Crippen LogP contribution in [-0.4, -0.2) is 55.2 Å². The maximum absolute atomic E-state index is 12.5. The molecule has 0 spiro atoms. The molecule has 1 aromatic carbocycles. The molecule has 1 saturated heterocycles. The second kappa shape index (κ2) is 8.63. The zero-order chi connectivity index (χ0) is 20.2. The van der Waals surface area contributed by atoms with E-state index in [4.69, 9.17) is 4.74 Å². The molecular formula is C21H33N3O3. The highest BCUT2D eigenvalue weighted by molar-refractivity contribution is 5.79. The third kappa shape index (κ3) is 5.88. The van der Waals surface area contributed by atoms with Gasteiger partial charge in [-0.05, 0) is 39.8 Å². The highest BCUT2D eigenvalue weighted by Crippen LogP contribution is 2.26. The number of amides is 2. The van der Waals surface area contributed by atoms with E-state index in [1.54, 1.807) is 4.90 Å². The summed E-state index contributed by atoms with van der Waals surface area (Å²) >= 11 is 0. The standard InChI is InChI=1S/C21H33N3O3/c1-15(23(6)18-10-8-7-9-11-18)12-22-19(25)16(2)17-13-24(14-17)20(26)27-21(3,4)5/h7-11,15-17H,12-14H2,1-6H3,(H,22,25)/t15-,16-/m1/s1. The van der Waals surface area contributed by atoms with E-state index in [-0.39, 0.29) is 29.9 Å². The molecule has 6 nitrogen and oxygen atoms in total. The summed E-state index contributed by atoms with van der Waals surface area (Å²) in [4.78, 5) is 28.3. The fourth-order valence-corrected chi connectivity index (χ4v) is 2.98. The first kappa shape index (κ1) is 21.1. The Morgan fingerprint density at radius 2 is 1.81 bits per heavy atom. The van der Waals surface area contributed by atoms with Gasteiger partial charge in [0, 0.05) is 50.2 Å². The highest BCUT2D eigenvalue weighted by Gasteiger charge is 2.38. The predicted octanol–water partition coefficient (Wildman–Crippen LogP) is 3.13. The van der Waals surface area contributed by atoms with Crippen LogP contribution in [0, 0.1) is 11.8 Å². The van der Waals surface area contributed by atoms with Crippen molar-refractivity contribution in [1.29, 1.82) is 0 Å². The van der Waals surface area contributed by atoms with Gasteiger partial charge in [0.2, 0.25) is 5.91 Å². The number of nitrogens with one attached hydrogen (secondary N) is 1. The van der Waals surface area contributed by atoms with Gasteiger partial charge in [0.05, 0.1) is 0 Å². The summed E-state index contributed by atoms with van der Waals surface area (Å²) in [6, 6.07) is 10.3. The van der Waals surface area contributed by atoms with Crippen molar-refractivity contribution < 1.29 is 14.3 Å². The maximum atomic E-state index is 12.5. The lowest BCUT2D eigenvalue weighted by molar-refractivity contribution is -0.128. The highest BCUT2D eigenvalue weighted by atomic mass is 16.6. The van der Waals surface area contributed by atoms with Crippen molar-refractivity contribution in [3.8, 4) is 0 Å². The summed E-state index contributed by atoms with van der Waals surface area (Å²) < 4.78 is 5.36. The first-order chi connectivity index (χ1) is 12.6. The fourth-order valence-electron chi connectivity index (χ4n) is 2.98. The maximum Gasteiger partial charge on any atom is 0.410 e. The number of nitrogens with zero attached hydrogens (tertiary/aromatic N) is 2. The Morgan fingerprint density at radius 1 is 1.22 bits per heavy atom. The van der Waals surface area contributed by atoms with Crippen LogP contribution in [0.2, 0.25) is 0 Å². The van der Waals surface area contributed by atoms with Gasteiger partial charge in [-0.1, -0.05) is 25.1 Å². The largest absolute Gasteiger partial charge is 0.444 e. The minimum atomic E-state index is -0.494. The molecule has 1 heterocycles. The van der Waals surface area contributed by atoms with E-state index < -0.39 is 5.60 Å². The lowest BCUT2D eigenvalue weighted by atomic mass is 9.86. The molecule has 2 rings (SSSR count). The molecule has 1 aliphatic rings. The van der Waals surface area contributed by atoms with Crippen molar-refractivity contribution >= 4 is 17.7 Å². The average Bonchev–Trinajstić information content (AvgIpc) is 2.56. The van der Waals surface area contributed by atoms with Crippen LogP contribution in [0.1, 0.15) is 34.6 Å². The summed E-state index contributed by atoms with van der Waals surface area (Å²) in [5.41, 5.74) is 0.630. The monoisotopic (exact) mass is 375 g/mol. The van der Waals surface area contributed by atoms with E-state index in [2.05, 4.69) is 29.3 Å². The normalized spacial score (nSPS) is 16.9. The molecule has 0 bridgehead atoms. The van der Waals surface area contributed by atoms with E-state index in [9.17, 15) is 9.59 Å². The molecule has 0 aliphatic carbocycles. The van der Waals surface area contributed by atoms with Crippen LogP contribution in [0.5, 0.6) is 0 Å². The second-order valence-corrected chi connectivity index (χ2v) is 8.47. The third-order valence-corrected chi connectivity index (χ3v) is 5.08. The van der Waals surface area contributed by atoms with E-state index in [1.165, 1.54) is 0 Å². The average molecular weight is 376 g/mol. The first-order valence-electron chi connectivity index (χ1n) is 9.62. The topological polar surface area (TPSA) is 61.9 Å². The van der Waals surface area contributed by atoms with Gasteiger partial charge in [-0.3, -0.25) is 4.79 Å². The van der Waals surface area contributed by atoms with Gasteiger partial charge < -0.3 is 19.9 Å². The minimum Gasteiger partial charge on any atom is -0.444 e. The Morgan fingerprint density at radius 3 is 2.37 bits per heavy atom. The molecule has 2 amide bonds. The summed E-state index contributed by atoms with van der Waals surface area (Å²) in [5, 5.41) is 3.05. The number of rotatable bonds is 6. The summed E-state index contributed by atoms with van der Waals surface area (Å²) in [7, 11) is 2.03. The van der Waals surface area contributed by atoms with Crippen LogP contribution < -0.4 is 10.2 Å². The zero-order valence-corrected chi connectivity index (χ0v) is 17.4. The number of likely N-dealkylation sites (tertiary alicyclic amines) is 1. The number of ether oxygens (including phenoxy) is 1. The van der Waals surface area contributed by atoms with E-state index in [0.717, 1.165) is 5.69 Å². The Bertz CT molecular complexity index is 636. The first-order valence-corrected chi connectivity index (χ1v) is 9.62. The number of anilines is 1. The number of likely N-dealkylation sites (N-methyl/N-ethyl adjacent to an activating group) is 1. The van der Waals surface area contributed by atoms with Gasteiger partial charge in [-0.15, -0.1) is 0 Å². The summed E-state index contributed by atoms with van der Waals surface area (Å²) in [5.74, 6) is 0.0924. The van der Waals surface area contributed by atoms with Crippen molar-refractivity contribution in [2.75, 3.05) is 31.6 Å². The van der Waals surface area contributed by atoms with Crippen LogP contribution in [0.4, 0.5) is 10.5 Å². The number of para-hydroxylation sites is 1. The molecule has 27 heavy (non-hydrogen) atoms. The Labute approximate surface area is 162 Å². The molecular weight excluding hydrogens is 342 g/mol. The van der Waals surface area contributed by atoms with Crippen LogP contribution in [-0.2, 0) is 9.53 Å². The van der Waals surface area contributed by atoms with Crippen molar-refractivity contribution in [2.45, 2.75) is 46.3 Å². The quantitative estimate of drug-likeness (QED) is 0.830. The molecule has 0 aromatic heterocycles. The number of benzene rings is 1. The van der Waals surface area contributed by atoms with Gasteiger partial charge in [-0.2, -0.15) is 0 Å².